The lowest BCUT2D eigenvalue weighted by Crippen LogP contribution is -2.30. The normalized spacial score (nSPS) is 13.2. The average Bonchev–Trinajstić information content (AvgIpc) is 3.23. The Bertz CT molecular complexity index is 1300. The minimum atomic E-state index is -0.828. The van der Waals surface area contributed by atoms with Crippen molar-refractivity contribution in [3.63, 3.8) is 0 Å². The van der Waals surface area contributed by atoms with Crippen molar-refractivity contribution in [2.75, 3.05) is 13.2 Å². The van der Waals surface area contributed by atoms with Crippen LogP contribution >= 0.6 is 0 Å². The number of esters is 3. The largest absolute Gasteiger partial charge is 0.462 e. The van der Waals surface area contributed by atoms with Gasteiger partial charge < -0.3 is 14.2 Å². The Hall–Kier alpha value is -4.19. The van der Waals surface area contributed by atoms with Crippen molar-refractivity contribution in [1.29, 1.82) is 0 Å². The van der Waals surface area contributed by atoms with E-state index in [0.717, 1.165) is 89.9 Å². The molecule has 1 atom stereocenters. The lowest BCUT2D eigenvalue weighted by Gasteiger charge is -2.18. The summed E-state index contributed by atoms with van der Waals surface area (Å²) in [5.74, 6) is -1.04. The van der Waals surface area contributed by atoms with Crippen LogP contribution in [0.4, 0.5) is 0 Å². The standard InChI is InChI=1S/C53H82O6/c1-4-7-10-13-16-19-21-23-24-25-26-27-28-30-31-34-37-40-43-46-52(55)58-49-50(48-57-51(54)45-42-39-36-33-18-15-12-9-6-3)59-53(56)47-44-41-38-35-32-29-22-20-17-14-11-8-5-2/h7-8,10-11,14,16-17,19-20,22-24,26-27,29-32,35,38,50H,4-6,9,12-13,15,18,21,25,28,33-34,36-37,39-49H2,1-3H3/b10-7-,11-8-,17-14-,19-16-,22-20-,24-23-,27-26-,31-30-,32-29-,38-35-. The Morgan fingerprint density at radius 2 is 0.763 bits per heavy atom. The molecule has 0 aromatic heterocycles. The first-order valence-corrected chi connectivity index (χ1v) is 23.1. The second kappa shape index (κ2) is 46.5. The summed E-state index contributed by atoms with van der Waals surface area (Å²) in [6, 6.07) is 0. The summed E-state index contributed by atoms with van der Waals surface area (Å²) in [6.07, 6.45) is 63.4. The van der Waals surface area contributed by atoms with Gasteiger partial charge in [-0.15, -0.1) is 0 Å². The van der Waals surface area contributed by atoms with Crippen LogP contribution in [0.5, 0.6) is 0 Å². The van der Waals surface area contributed by atoms with E-state index in [0.29, 0.717) is 19.3 Å². The molecule has 0 saturated heterocycles. The Morgan fingerprint density at radius 3 is 1.27 bits per heavy atom. The van der Waals surface area contributed by atoms with Crippen LogP contribution in [0, 0.1) is 0 Å². The number of hydrogen-bond acceptors (Lipinski definition) is 6. The smallest absolute Gasteiger partial charge is 0.306 e. The van der Waals surface area contributed by atoms with E-state index >= 15 is 0 Å². The number of allylic oxidation sites excluding steroid dienone is 20. The summed E-state index contributed by atoms with van der Waals surface area (Å²) >= 11 is 0. The first-order valence-electron chi connectivity index (χ1n) is 23.1. The number of carbonyl (C=O) groups excluding carboxylic acids is 3. The molecule has 6 nitrogen and oxygen atoms in total. The second-order valence-electron chi connectivity index (χ2n) is 14.7. The molecular weight excluding hydrogens is 733 g/mol. The summed E-state index contributed by atoms with van der Waals surface area (Å²) in [5.41, 5.74) is 0. The molecule has 0 fully saturated rings. The van der Waals surface area contributed by atoms with E-state index in [1.807, 2.05) is 54.7 Å². The first kappa shape index (κ1) is 54.8. The molecule has 0 bridgehead atoms. The van der Waals surface area contributed by atoms with Gasteiger partial charge in [0.1, 0.15) is 13.2 Å². The van der Waals surface area contributed by atoms with E-state index in [2.05, 4.69) is 87.6 Å². The molecule has 0 aliphatic carbocycles. The van der Waals surface area contributed by atoms with Gasteiger partial charge in [-0.1, -0.05) is 200 Å². The third-order valence-electron chi connectivity index (χ3n) is 9.09. The summed E-state index contributed by atoms with van der Waals surface area (Å²) in [7, 11) is 0. The van der Waals surface area contributed by atoms with E-state index in [1.165, 1.54) is 38.5 Å². The molecular formula is C53H82O6. The van der Waals surface area contributed by atoms with E-state index in [-0.39, 0.29) is 31.6 Å². The van der Waals surface area contributed by atoms with Gasteiger partial charge >= 0.3 is 17.9 Å². The van der Waals surface area contributed by atoms with Crippen molar-refractivity contribution in [2.24, 2.45) is 0 Å². The molecule has 0 N–H and O–H groups in total. The molecule has 0 saturated carbocycles. The number of carbonyl (C=O) groups is 3. The lowest BCUT2D eigenvalue weighted by molar-refractivity contribution is -0.167. The van der Waals surface area contributed by atoms with Gasteiger partial charge in [0, 0.05) is 19.3 Å². The van der Waals surface area contributed by atoms with Crippen molar-refractivity contribution >= 4 is 17.9 Å². The van der Waals surface area contributed by atoms with Crippen LogP contribution in [0.25, 0.3) is 0 Å². The lowest BCUT2D eigenvalue weighted by atomic mass is 10.1. The summed E-state index contributed by atoms with van der Waals surface area (Å²) < 4.78 is 16.6. The van der Waals surface area contributed by atoms with Gasteiger partial charge in [-0.05, 0) is 77.0 Å². The van der Waals surface area contributed by atoms with Gasteiger partial charge in [-0.25, -0.2) is 0 Å². The van der Waals surface area contributed by atoms with Crippen molar-refractivity contribution in [2.45, 2.75) is 181 Å². The molecule has 0 amide bonds. The van der Waals surface area contributed by atoms with Crippen LogP contribution < -0.4 is 0 Å². The molecule has 0 spiro atoms. The number of hydrogen-bond donors (Lipinski definition) is 0. The van der Waals surface area contributed by atoms with Crippen molar-refractivity contribution in [3.05, 3.63) is 122 Å². The van der Waals surface area contributed by atoms with E-state index < -0.39 is 12.1 Å². The van der Waals surface area contributed by atoms with E-state index in [1.54, 1.807) is 0 Å². The molecule has 0 aromatic rings. The van der Waals surface area contributed by atoms with Gasteiger partial charge in [0.25, 0.3) is 0 Å². The van der Waals surface area contributed by atoms with Crippen LogP contribution in [0.1, 0.15) is 175 Å². The predicted octanol–water partition coefficient (Wildman–Crippen LogP) is 15.0. The molecule has 0 aliphatic heterocycles. The molecule has 330 valence electrons. The minimum absolute atomic E-state index is 0.120. The minimum Gasteiger partial charge on any atom is -0.462 e. The predicted molar refractivity (Wildman–Crippen MR) is 251 cm³/mol. The highest BCUT2D eigenvalue weighted by molar-refractivity contribution is 5.71. The van der Waals surface area contributed by atoms with Crippen molar-refractivity contribution in [1.82, 2.24) is 0 Å². The number of ether oxygens (including phenoxy) is 3. The summed E-state index contributed by atoms with van der Waals surface area (Å²) in [4.78, 5) is 37.7. The summed E-state index contributed by atoms with van der Waals surface area (Å²) in [5, 5.41) is 0. The summed E-state index contributed by atoms with van der Waals surface area (Å²) in [6.45, 7) is 6.23. The Kier molecular flexibility index (Phi) is 43.2. The SMILES string of the molecule is CC\C=C/C=C\C=C/C=C\C=C/CCCC(=O)OC(COC(=O)CCCCC/C=C\C/C=C\C/C=C\C/C=C\C/C=C\CC)COC(=O)CCCCCCCCCCC. The van der Waals surface area contributed by atoms with Crippen LogP contribution in [-0.2, 0) is 28.6 Å². The zero-order chi connectivity index (χ0) is 43.0. The number of unbranched alkanes of at least 4 members (excludes halogenated alkanes) is 12. The molecule has 0 heterocycles. The first-order chi connectivity index (χ1) is 29.0. The maximum Gasteiger partial charge on any atom is 0.306 e. The zero-order valence-corrected chi connectivity index (χ0v) is 37.5. The topological polar surface area (TPSA) is 78.9 Å². The Morgan fingerprint density at radius 1 is 0.373 bits per heavy atom. The van der Waals surface area contributed by atoms with Crippen molar-refractivity contribution < 1.29 is 28.6 Å². The molecule has 0 aromatic carbocycles. The van der Waals surface area contributed by atoms with Gasteiger partial charge in [0.15, 0.2) is 6.10 Å². The van der Waals surface area contributed by atoms with Crippen LogP contribution in [0.15, 0.2) is 122 Å². The Labute approximate surface area is 361 Å². The van der Waals surface area contributed by atoms with Gasteiger partial charge in [-0.2, -0.15) is 0 Å². The van der Waals surface area contributed by atoms with Crippen LogP contribution in [0.3, 0.4) is 0 Å². The quantitative estimate of drug-likeness (QED) is 0.0202. The zero-order valence-electron chi connectivity index (χ0n) is 37.5. The van der Waals surface area contributed by atoms with Gasteiger partial charge in [0.05, 0.1) is 0 Å². The molecule has 6 heteroatoms. The van der Waals surface area contributed by atoms with E-state index in [9.17, 15) is 14.4 Å². The third-order valence-corrected chi connectivity index (χ3v) is 9.09. The second-order valence-corrected chi connectivity index (χ2v) is 14.7. The molecule has 1 unspecified atom stereocenters. The van der Waals surface area contributed by atoms with Crippen molar-refractivity contribution in [3.8, 4) is 0 Å². The Balaban J connectivity index is 4.53. The monoisotopic (exact) mass is 815 g/mol. The fourth-order valence-electron chi connectivity index (χ4n) is 5.67. The maximum absolute atomic E-state index is 12.7. The van der Waals surface area contributed by atoms with Gasteiger partial charge in [0.2, 0.25) is 0 Å². The highest BCUT2D eigenvalue weighted by Gasteiger charge is 2.19. The average molecular weight is 815 g/mol. The molecule has 0 aliphatic rings. The van der Waals surface area contributed by atoms with E-state index in [4.69, 9.17) is 14.2 Å². The van der Waals surface area contributed by atoms with Gasteiger partial charge in [-0.3, -0.25) is 14.4 Å². The third kappa shape index (κ3) is 44.8. The highest BCUT2D eigenvalue weighted by atomic mass is 16.6. The fraction of sp³-hybridized carbons (Fsp3) is 0.566. The molecule has 0 radical (unpaired) electrons. The van der Waals surface area contributed by atoms with Crippen LogP contribution in [-0.4, -0.2) is 37.2 Å². The molecule has 59 heavy (non-hydrogen) atoms. The molecule has 0 rings (SSSR count). The highest BCUT2D eigenvalue weighted by Crippen LogP contribution is 2.12. The number of rotatable bonds is 39. The van der Waals surface area contributed by atoms with Crippen LogP contribution in [0.2, 0.25) is 0 Å². The maximum atomic E-state index is 12.7. The fourth-order valence-corrected chi connectivity index (χ4v) is 5.67.